The molecule has 0 spiro atoms. The maximum atomic E-state index is 5.06. The van der Waals surface area contributed by atoms with Crippen molar-refractivity contribution in [3.63, 3.8) is 0 Å². The van der Waals surface area contributed by atoms with E-state index in [4.69, 9.17) is 4.74 Å². The number of methoxy groups -OCH3 is 1. The van der Waals surface area contributed by atoms with Crippen molar-refractivity contribution in [1.29, 1.82) is 0 Å². The molecule has 0 saturated heterocycles. The molecule has 3 rings (SSSR count). The summed E-state index contributed by atoms with van der Waals surface area (Å²) in [4.78, 5) is 1.54. The van der Waals surface area contributed by atoms with Gasteiger partial charge in [-0.3, -0.25) is 4.68 Å². The van der Waals surface area contributed by atoms with E-state index in [-0.39, 0.29) is 0 Å². The van der Waals surface area contributed by atoms with E-state index in [0.29, 0.717) is 12.6 Å². The van der Waals surface area contributed by atoms with Gasteiger partial charge in [0.15, 0.2) is 0 Å². The van der Waals surface area contributed by atoms with E-state index >= 15 is 0 Å². The molecule has 2 aromatic rings. The molecule has 0 radical (unpaired) electrons. The number of nitrogens with zero attached hydrogens (tertiary/aromatic N) is 2. The van der Waals surface area contributed by atoms with Gasteiger partial charge in [0.25, 0.3) is 0 Å². The summed E-state index contributed by atoms with van der Waals surface area (Å²) in [5.41, 5.74) is 2.57. The third-order valence-electron chi connectivity index (χ3n) is 3.55. The molecule has 1 unspecified atom stereocenters. The van der Waals surface area contributed by atoms with Crippen LogP contribution in [0.3, 0.4) is 0 Å². The van der Waals surface area contributed by atoms with Crippen LogP contribution in [0.15, 0.2) is 23.8 Å². The first-order valence-electron chi connectivity index (χ1n) is 6.71. The van der Waals surface area contributed by atoms with E-state index in [0.717, 1.165) is 12.2 Å². The molecule has 0 bridgehead atoms. The number of anilines is 1. The summed E-state index contributed by atoms with van der Waals surface area (Å²) in [6.07, 6.45) is 7.66. The van der Waals surface area contributed by atoms with Crippen LogP contribution in [-0.2, 0) is 17.7 Å². The average molecular weight is 277 g/mol. The molecule has 0 aromatic carbocycles. The minimum atomic E-state index is 0.440. The normalized spacial score (nSPS) is 18.3. The van der Waals surface area contributed by atoms with Crippen LogP contribution in [-0.4, -0.2) is 23.5 Å². The highest BCUT2D eigenvalue weighted by Gasteiger charge is 2.21. The van der Waals surface area contributed by atoms with Crippen molar-refractivity contribution in [3.8, 4) is 0 Å². The summed E-state index contributed by atoms with van der Waals surface area (Å²) in [6.45, 7) is 1.49. The quantitative estimate of drug-likeness (QED) is 0.913. The van der Waals surface area contributed by atoms with Crippen molar-refractivity contribution in [2.45, 2.75) is 31.8 Å². The van der Waals surface area contributed by atoms with E-state index in [2.05, 4.69) is 28.1 Å². The summed E-state index contributed by atoms with van der Waals surface area (Å²) >= 11 is 1.88. The van der Waals surface area contributed by atoms with E-state index in [1.54, 1.807) is 7.11 Å². The highest BCUT2D eigenvalue weighted by molar-refractivity contribution is 7.10. The van der Waals surface area contributed by atoms with Crippen LogP contribution >= 0.6 is 11.3 Å². The van der Waals surface area contributed by atoms with Crippen molar-refractivity contribution in [1.82, 2.24) is 9.78 Å². The van der Waals surface area contributed by atoms with Gasteiger partial charge < -0.3 is 10.1 Å². The molecule has 0 amide bonds. The van der Waals surface area contributed by atoms with Crippen LogP contribution in [0.2, 0.25) is 0 Å². The molecule has 1 atom stereocenters. The van der Waals surface area contributed by atoms with Gasteiger partial charge in [0, 0.05) is 18.2 Å². The molecule has 4 nitrogen and oxygen atoms in total. The van der Waals surface area contributed by atoms with Gasteiger partial charge in [-0.05, 0) is 36.3 Å². The maximum Gasteiger partial charge on any atom is 0.0731 e. The predicted octanol–water partition coefficient (Wildman–Crippen LogP) is 3.08. The molecule has 2 aromatic heterocycles. The number of hydrogen-bond donors (Lipinski definition) is 1. The Bertz CT molecular complexity index is 534. The molecule has 1 N–H and O–H groups in total. The summed E-state index contributed by atoms with van der Waals surface area (Å²) in [6, 6.07) is 2.70. The summed E-state index contributed by atoms with van der Waals surface area (Å²) in [5, 5.41) is 10.1. The number of nitrogens with one attached hydrogen (secondary N) is 1. The minimum absolute atomic E-state index is 0.440. The number of thiophene rings is 1. The smallest absolute Gasteiger partial charge is 0.0731 e. The Balaban J connectivity index is 1.67. The fourth-order valence-electron chi connectivity index (χ4n) is 2.58. The van der Waals surface area contributed by atoms with Gasteiger partial charge in [-0.1, -0.05) is 0 Å². The number of rotatable bonds is 5. The molecular weight excluding hydrogens is 258 g/mol. The molecule has 0 fully saturated rings. The highest BCUT2D eigenvalue weighted by Crippen LogP contribution is 2.35. The van der Waals surface area contributed by atoms with E-state index in [9.17, 15) is 0 Å². The van der Waals surface area contributed by atoms with Crippen LogP contribution in [0, 0.1) is 0 Å². The Hall–Kier alpha value is -1.33. The zero-order valence-electron chi connectivity index (χ0n) is 11.1. The monoisotopic (exact) mass is 277 g/mol. The lowest BCUT2D eigenvalue weighted by molar-refractivity contribution is 0.183. The summed E-state index contributed by atoms with van der Waals surface area (Å²) < 4.78 is 6.98. The van der Waals surface area contributed by atoms with Crippen LogP contribution in [0.5, 0.6) is 0 Å². The van der Waals surface area contributed by atoms with Crippen molar-refractivity contribution in [2.75, 3.05) is 19.0 Å². The lowest BCUT2D eigenvalue weighted by Crippen LogP contribution is -2.15. The first-order valence-corrected chi connectivity index (χ1v) is 7.59. The molecule has 1 aliphatic carbocycles. The second-order valence-corrected chi connectivity index (χ2v) is 5.87. The first kappa shape index (κ1) is 12.7. The second kappa shape index (κ2) is 5.75. The van der Waals surface area contributed by atoms with Crippen molar-refractivity contribution < 1.29 is 4.74 Å². The molecule has 102 valence electrons. The van der Waals surface area contributed by atoms with Crippen molar-refractivity contribution in [2.24, 2.45) is 0 Å². The Morgan fingerprint density at radius 2 is 2.53 bits per heavy atom. The minimum Gasteiger partial charge on any atom is -0.383 e. The summed E-state index contributed by atoms with van der Waals surface area (Å²) in [7, 11) is 1.71. The van der Waals surface area contributed by atoms with Crippen LogP contribution in [0.4, 0.5) is 5.69 Å². The molecular formula is C14H19N3OS. The fraction of sp³-hybridized carbons (Fsp3) is 0.500. The lowest BCUT2D eigenvalue weighted by atomic mass is 9.94. The first-order chi connectivity index (χ1) is 9.36. The molecule has 19 heavy (non-hydrogen) atoms. The second-order valence-electron chi connectivity index (χ2n) is 4.87. The van der Waals surface area contributed by atoms with Gasteiger partial charge in [-0.25, -0.2) is 0 Å². The lowest BCUT2D eigenvalue weighted by Gasteiger charge is -2.23. The topological polar surface area (TPSA) is 39.1 Å². The van der Waals surface area contributed by atoms with Crippen LogP contribution in [0.25, 0.3) is 0 Å². The van der Waals surface area contributed by atoms with Crippen molar-refractivity contribution in [3.05, 3.63) is 34.3 Å². The number of aromatic nitrogens is 2. The largest absolute Gasteiger partial charge is 0.383 e. The van der Waals surface area contributed by atoms with Gasteiger partial charge in [0.2, 0.25) is 0 Å². The highest BCUT2D eigenvalue weighted by atomic mass is 32.1. The average Bonchev–Trinajstić information content (AvgIpc) is 3.05. The summed E-state index contributed by atoms with van der Waals surface area (Å²) in [5.74, 6) is 0. The number of hydrogen-bond acceptors (Lipinski definition) is 4. The molecule has 1 aliphatic rings. The molecule has 0 saturated carbocycles. The maximum absolute atomic E-state index is 5.06. The van der Waals surface area contributed by atoms with Gasteiger partial charge in [0.05, 0.1) is 31.1 Å². The van der Waals surface area contributed by atoms with Gasteiger partial charge in [0.1, 0.15) is 0 Å². The zero-order chi connectivity index (χ0) is 13.1. The van der Waals surface area contributed by atoms with Crippen LogP contribution < -0.4 is 5.32 Å². The molecule has 5 heteroatoms. The fourth-order valence-corrected chi connectivity index (χ4v) is 3.57. The van der Waals surface area contributed by atoms with E-state index in [1.807, 2.05) is 22.2 Å². The zero-order valence-corrected chi connectivity index (χ0v) is 11.9. The van der Waals surface area contributed by atoms with E-state index < -0.39 is 0 Å². The Labute approximate surface area is 117 Å². The predicted molar refractivity (Wildman–Crippen MR) is 77.7 cm³/mol. The van der Waals surface area contributed by atoms with Gasteiger partial charge >= 0.3 is 0 Å². The SMILES string of the molecule is COCCn1cc(NC2CCCc3sccc32)cn1. The van der Waals surface area contributed by atoms with Crippen molar-refractivity contribution >= 4 is 17.0 Å². The van der Waals surface area contributed by atoms with Gasteiger partial charge in [-0.15, -0.1) is 11.3 Å². The number of ether oxygens (including phenoxy) is 1. The third kappa shape index (κ3) is 2.82. The number of fused-ring (bicyclic) bond motifs is 1. The number of aryl methyl sites for hydroxylation is 1. The Kier molecular flexibility index (Phi) is 3.84. The Morgan fingerprint density at radius 3 is 3.42 bits per heavy atom. The molecule has 0 aliphatic heterocycles. The van der Waals surface area contributed by atoms with E-state index in [1.165, 1.54) is 29.7 Å². The molecule has 2 heterocycles. The third-order valence-corrected chi connectivity index (χ3v) is 4.55. The van der Waals surface area contributed by atoms with Crippen LogP contribution in [0.1, 0.15) is 29.3 Å². The standard InChI is InChI=1S/C14H19N3OS/c1-18-7-6-17-10-11(9-15-17)16-13-3-2-4-14-12(13)5-8-19-14/h5,8-10,13,16H,2-4,6-7H2,1H3. The van der Waals surface area contributed by atoms with Gasteiger partial charge in [-0.2, -0.15) is 5.10 Å². The Morgan fingerprint density at radius 1 is 1.58 bits per heavy atom.